The molecule has 5 nitrogen and oxygen atoms in total. The Kier molecular flexibility index (Phi) is 3.35. The van der Waals surface area contributed by atoms with Crippen LogP contribution in [0.25, 0.3) is 11.5 Å². The number of carbonyl (C=O) groups excluding carboxylic acids is 1. The Morgan fingerprint density at radius 1 is 1.16 bits per heavy atom. The van der Waals surface area contributed by atoms with E-state index in [4.69, 9.17) is 8.83 Å². The van der Waals surface area contributed by atoms with Crippen LogP contribution in [0.15, 0.2) is 33.6 Å². The molecule has 0 bridgehead atoms. The van der Waals surface area contributed by atoms with E-state index in [1.165, 1.54) is 19.2 Å². The van der Waals surface area contributed by atoms with Gasteiger partial charge in [-0.05, 0) is 25.0 Å². The van der Waals surface area contributed by atoms with Crippen molar-refractivity contribution in [1.82, 2.24) is 9.88 Å². The van der Waals surface area contributed by atoms with Gasteiger partial charge in [-0.3, -0.25) is 4.79 Å². The van der Waals surface area contributed by atoms with Crippen LogP contribution in [0.5, 0.6) is 0 Å². The van der Waals surface area contributed by atoms with Gasteiger partial charge >= 0.3 is 0 Å². The summed E-state index contributed by atoms with van der Waals surface area (Å²) in [5.74, 6) is 0.886. The molecule has 1 amide bonds. The van der Waals surface area contributed by atoms with Gasteiger partial charge in [-0.25, -0.2) is 4.98 Å². The molecule has 0 N–H and O–H groups in total. The number of rotatable bonds is 2. The van der Waals surface area contributed by atoms with Crippen molar-refractivity contribution < 1.29 is 13.6 Å². The van der Waals surface area contributed by atoms with Crippen LogP contribution in [0.4, 0.5) is 0 Å². The van der Waals surface area contributed by atoms with Gasteiger partial charge in [0.15, 0.2) is 17.8 Å². The van der Waals surface area contributed by atoms with Gasteiger partial charge in [0.2, 0.25) is 5.76 Å². The molecule has 3 heterocycles. The lowest BCUT2D eigenvalue weighted by molar-refractivity contribution is 0.0756. The number of likely N-dealkylation sites (tertiary alicyclic amines) is 1. The standard InChI is InChI=1S/C14H16N2O3/c17-14(16-7-3-1-2-4-8-16)12-13(19-10-15-12)11-6-5-9-18-11/h5-6,9-10H,1-4,7-8H2. The minimum atomic E-state index is -0.0675. The lowest BCUT2D eigenvalue weighted by atomic mass is 10.2. The highest BCUT2D eigenvalue weighted by Gasteiger charge is 2.25. The Morgan fingerprint density at radius 2 is 1.95 bits per heavy atom. The molecule has 0 radical (unpaired) electrons. The van der Waals surface area contributed by atoms with E-state index < -0.39 is 0 Å². The Labute approximate surface area is 111 Å². The molecule has 2 aromatic heterocycles. The molecule has 0 unspecified atom stereocenters. The van der Waals surface area contributed by atoms with Crippen LogP contribution >= 0.6 is 0 Å². The third kappa shape index (κ3) is 2.41. The van der Waals surface area contributed by atoms with Crippen molar-refractivity contribution in [3.05, 3.63) is 30.5 Å². The van der Waals surface area contributed by atoms with Crippen LogP contribution in [0.3, 0.4) is 0 Å². The molecule has 1 aliphatic rings. The molecule has 0 aromatic carbocycles. The number of furan rings is 1. The molecule has 100 valence electrons. The number of carbonyl (C=O) groups is 1. The molecule has 1 aliphatic heterocycles. The molecule has 2 aromatic rings. The smallest absolute Gasteiger partial charge is 0.276 e. The first-order valence-corrected chi connectivity index (χ1v) is 6.63. The topological polar surface area (TPSA) is 59.5 Å². The summed E-state index contributed by atoms with van der Waals surface area (Å²) in [6.45, 7) is 1.59. The van der Waals surface area contributed by atoms with Crippen LogP contribution in [-0.2, 0) is 0 Å². The lowest BCUT2D eigenvalue weighted by Crippen LogP contribution is -2.32. The predicted octanol–water partition coefficient (Wildman–Crippen LogP) is 2.95. The van der Waals surface area contributed by atoms with Gasteiger partial charge in [0.05, 0.1) is 6.26 Å². The van der Waals surface area contributed by atoms with Gasteiger partial charge < -0.3 is 13.7 Å². The van der Waals surface area contributed by atoms with Gasteiger partial charge in [-0.1, -0.05) is 12.8 Å². The average Bonchev–Trinajstić information content (AvgIpc) is 3.03. The molecular weight excluding hydrogens is 244 g/mol. The van der Waals surface area contributed by atoms with E-state index >= 15 is 0 Å². The second-order valence-electron chi connectivity index (χ2n) is 4.71. The largest absolute Gasteiger partial charge is 0.461 e. The first-order valence-electron chi connectivity index (χ1n) is 6.63. The number of aromatic nitrogens is 1. The summed E-state index contributed by atoms with van der Waals surface area (Å²) in [6.07, 6.45) is 7.33. The van der Waals surface area contributed by atoms with Crippen LogP contribution in [0.1, 0.15) is 36.2 Å². The Hall–Kier alpha value is -2.04. The van der Waals surface area contributed by atoms with Crippen LogP contribution < -0.4 is 0 Å². The highest BCUT2D eigenvalue weighted by Crippen LogP contribution is 2.25. The highest BCUT2D eigenvalue weighted by molar-refractivity contribution is 5.97. The van der Waals surface area contributed by atoms with E-state index in [1.807, 2.05) is 4.90 Å². The lowest BCUT2D eigenvalue weighted by Gasteiger charge is -2.19. The van der Waals surface area contributed by atoms with Crippen molar-refractivity contribution in [2.24, 2.45) is 0 Å². The molecule has 5 heteroatoms. The van der Waals surface area contributed by atoms with Gasteiger partial charge in [-0.15, -0.1) is 0 Å². The van der Waals surface area contributed by atoms with E-state index in [-0.39, 0.29) is 5.91 Å². The Morgan fingerprint density at radius 3 is 2.63 bits per heavy atom. The monoisotopic (exact) mass is 260 g/mol. The zero-order valence-corrected chi connectivity index (χ0v) is 10.7. The van der Waals surface area contributed by atoms with Crippen LogP contribution in [-0.4, -0.2) is 28.9 Å². The third-order valence-electron chi connectivity index (χ3n) is 3.41. The summed E-state index contributed by atoms with van der Waals surface area (Å²) in [5, 5.41) is 0. The minimum Gasteiger partial charge on any atom is -0.461 e. The summed E-state index contributed by atoms with van der Waals surface area (Å²) in [7, 11) is 0. The molecular formula is C14H16N2O3. The summed E-state index contributed by atoms with van der Waals surface area (Å²) >= 11 is 0. The molecule has 1 saturated heterocycles. The minimum absolute atomic E-state index is 0.0675. The highest BCUT2D eigenvalue weighted by atomic mass is 16.4. The normalized spacial score (nSPS) is 16.3. The van der Waals surface area contributed by atoms with Crippen molar-refractivity contribution in [3.63, 3.8) is 0 Å². The first kappa shape index (κ1) is 12.0. The first-order chi connectivity index (χ1) is 9.36. The molecule has 0 saturated carbocycles. The van der Waals surface area contributed by atoms with E-state index in [0.29, 0.717) is 17.2 Å². The fraction of sp³-hybridized carbons (Fsp3) is 0.429. The number of hydrogen-bond donors (Lipinski definition) is 0. The molecule has 1 fully saturated rings. The number of nitrogens with zero attached hydrogens (tertiary/aromatic N) is 2. The number of hydrogen-bond acceptors (Lipinski definition) is 4. The second-order valence-corrected chi connectivity index (χ2v) is 4.71. The van der Waals surface area contributed by atoms with E-state index in [0.717, 1.165) is 25.9 Å². The van der Waals surface area contributed by atoms with Crippen molar-refractivity contribution in [2.45, 2.75) is 25.7 Å². The molecule has 3 rings (SSSR count). The Bertz CT molecular complexity index is 537. The van der Waals surface area contributed by atoms with Gasteiger partial charge in [0, 0.05) is 13.1 Å². The SMILES string of the molecule is O=C(c1ncoc1-c1ccco1)N1CCCCCC1. The fourth-order valence-electron chi connectivity index (χ4n) is 2.40. The quantitative estimate of drug-likeness (QED) is 0.833. The van der Waals surface area contributed by atoms with E-state index in [9.17, 15) is 4.79 Å². The molecule has 0 aliphatic carbocycles. The average molecular weight is 260 g/mol. The maximum Gasteiger partial charge on any atom is 0.276 e. The Balaban J connectivity index is 1.86. The zero-order valence-electron chi connectivity index (χ0n) is 10.7. The van der Waals surface area contributed by atoms with Crippen molar-refractivity contribution in [2.75, 3.05) is 13.1 Å². The summed E-state index contributed by atoms with van der Waals surface area (Å²) in [5.41, 5.74) is 0.344. The predicted molar refractivity (Wildman–Crippen MR) is 68.6 cm³/mol. The van der Waals surface area contributed by atoms with Gasteiger partial charge in [0.1, 0.15) is 0 Å². The zero-order chi connectivity index (χ0) is 13.1. The van der Waals surface area contributed by atoms with Crippen molar-refractivity contribution in [3.8, 4) is 11.5 Å². The van der Waals surface area contributed by atoms with Gasteiger partial charge in [-0.2, -0.15) is 0 Å². The van der Waals surface area contributed by atoms with Crippen molar-refractivity contribution in [1.29, 1.82) is 0 Å². The van der Waals surface area contributed by atoms with Gasteiger partial charge in [0.25, 0.3) is 5.91 Å². The maximum absolute atomic E-state index is 12.5. The maximum atomic E-state index is 12.5. The van der Waals surface area contributed by atoms with E-state index in [1.54, 1.807) is 18.4 Å². The summed E-state index contributed by atoms with van der Waals surface area (Å²) in [4.78, 5) is 18.4. The van der Waals surface area contributed by atoms with E-state index in [2.05, 4.69) is 4.98 Å². The second kappa shape index (κ2) is 5.30. The molecule has 0 atom stereocenters. The molecule has 0 spiro atoms. The van der Waals surface area contributed by atoms with Crippen LogP contribution in [0, 0.1) is 0 Å². The summed E-state index contributed by atoms with van der Waals surface area (Å²) < 4.78 is 10.6. The van der Waals surface area contributed by atoms with Crippen LogP contribution in [0.2, 0.25) is 0 Å². The number of oxazole rings is 1. The van der Waals surface area contributed by atoms with Crippen molar-refractivity contribution >= 4 is 5.91 Å². The fourth-order valence-corrected chi connectivity index (χ4v) is 2.40. The number of amides is 1. The molecule has 19 heavy (non-hydrogen) atoms. The summed E-state index contributed by atoms with van der Waals surface area (Å²) in [6, 6.07) is 3.53. The third-order valence-corrected chi connectivity index (χ3v) is 3.41.